The molecule has 1 atom stereocenters. The molecule has 0 spiro atoms. The Balaban J connectivity index is 2.39. The molecule has 2 nitrogen and oxygen atoms in total. The fraction of sp³-hybridized carbons (Fsp3) is 0.400. The van der Waals surface area contributed by atoms with E-state index in [0.29, 0.717) is 18.6 Å². The Bertz CT molecular complexity index is 312. The Hall–Kier alpha value is -1.25. The lowest BCUT2D eigenvalue weighted by Gasteiger charge is -2.21. The highest BCUT2D eigenvalue weighted by Crippen LogP contribution is 2.34. The molecular weight excluding hydrogens is 171 g/mol. The largest absolute Gasteiger partial charge is 0.496 e. The summed E-state index contributed by atoms with van der Waals surface area (Å²) in [6.07, 6.45) is -0.0759. The Labute approximate surface area is 76.3 Å². The van der Waals surface area contributed by atoms with E-state index < -0.39 is 6.36 Å². The molecule has 0 saturated carbocycles. The Kier molecular flexibility index (Phi) is 2.08. The van der Waals surface area contributed by atoms with Crippen LogP contribution in [0.25, 0.3) is 0 Å². The Morgan fingerprint density at radius 2 is 2.38 bits per heavy atom. The van der Waals surface area contributed by atoms with Gasteiger partial charge in [-0.3, -0.25) is 0 Å². The summed E-state index contributed by atoms with van der Waals surface area (Å²) >= 11 is 0. The van der Waals surface area contributed by atoms with Crippen molar-refractivity contribution in [3.8, 4) is 11.5 Å². The molecule has 0 N–H and O–H groups in total. The van der Waals surface area contributed by atoms with Crippen LogP contribution in [0.4, 0.5) is 4.39 Å². The summed E-state index contributed by atoms with van der Waals surface area (Å²) < 4.78 is 23.0. The number of rotatable bonds is 1. The van der Waals surface area contributed by atoms with Crippen molar-refractivity contribution >= 4 is 0 Å². The lowest BCUT2D eigenvalue weighted by molar-refractivity contribution is 0.0470. The molecule has 0 amide bonds. The average Bonchev–Trinajstić information content (AvgIpc) is 2.16. The van der Waals surface area contributed by atoms with Crippen molar-refractivity contribution in [3.63, 3.8) is 0 Å². The van der Waals surface area contributed by atoms with Gasteiger partial charge in [-0.05, 0) is 18.6 Å². The third kappa shape index (κ3) is 1.46. The highest BCUT2D eigenvalue weighted by Gasteiger charge is 2.21. The normalized spacial score (nSPS) is 20.3. The van der Waals surface area contributed by atoms with Gasteiger partial charge in [-0.25, -0.2) is 4.39 Å². The zero-order chi connectivity index (χ0) is 9.26. The summed E-state index contributed by atoms with van der Waals surface area (Å²) in [6.45, 7) is 0. The van der Waals surface area contributed by atoms with Crippen molar-refractivity contribution in [2.75, 3.05) is 7.11 Å². The number of alkyl halides is 1. The molecule has 0 aliphatic carbocycles. The second kappa shape index (κ2) is 3.24. The molecule has 0 saturated heterocycles. The molecule has 1 aliphatic heterocycles. The van der Waals surface area contributed by atoms with Crippen LogP contribution in [0.2, 0.25) is 0 Å². The quantitative estimate of drug-likeness (QED) is 0.663. The van der Waals surface area contributed by atoms with Crippen molar-refractivity contribution in [3.05, 3.63) is 23.8 Å². The zero-order valence-corrected chi connectivity index (χ0v) is 7.42. The van der Waals surface area contributed by atoms with Crippen molar-refractivity contribution in [1.29, 1.82) is 0 Å². The molecule has 2 rings (SSSR count). The van der Waals surface area contributed by atoms with Gasteiger partial charge in [0, 0.05) is 12.0 Å². The number of hydrogen-bond acceptors (Lipinski definition) is 2. The molecule has 0 aromatic heterocycles. The van der Waals surface area contributed by atoms with E-state index in [1.165, 1.54) is 0 Å². The maximum Gasteiger partial charge on any atom is 0.238 e. The fourth-order valence-electron chi connectivity index (χ4n) is 1.55. The number of methoxy groups -OCH3 is 1. The summed E-state index contributed by atoms with van der Waals surface area (Å²) in [5.41, 5.74) is 0.971. The van der Waals surface area contributed by atoms with Crippen LogP contribution in [-0.2, 0) is 6.42 Å². The highest BCUT2D eigenvalue weighted by molar-refractivity contribution is 5.45. The molecule has 0 bridgehead atoms. The molecule has 0 fully saturated rings. The molecule has 13 heavy (non-hydrogen) atoms. The third-order valence-corrected chi connectivity index (χ3v) is 2.19. The maximum absolute atomic E-state index is 12.8. The van der Waals surface area contributed by atoms with E-state index in [1.54, 1.807) is 19.2 Å². The van der Waals surface area contributed by atoms with Crippen LogP contribution in [0, 0.1) is 0 Å². The lowest BCUT2D eigenvalue weighted by Crippen LogP contribution is -2.17. The van der Waals surface area contributed by atoms with E-state index in [9.17, 15) is 4.39 Å². The van der Waals surface area contributed by atoms with Gasteiger partial charge in [0.1, 0.15) is 11.5 Å². The SMILES string of the molecule is COc1cccc2c1CCC(F)O2. The van der Waals surface area contributed by atoms with Crippen LogP contribution < -0.4 is 9.47 Å². The van der Waals surface area contributed by atoms with Crippen LogP contribution in [0.1, 0.15) is 12.0 Å². The molecule has 0 radical (unpaired) electrons. The monoisotopic (exact) mass is 182 g/mol. The van der Waals surface area contributed by atoms with Gasteiger partial charge in [-0.1, -0.05) is 6.07 Å². The molecular formula is C10H11FO2. The molecule has 1 aliphatic rings. The second-order valence-corrected chi connectivity index (χ2v) is 3.00. The Morgan fingerprint density at radius 3 is 3.15 bits per heavy atom. The van der Waals surface area contributed by atoms with Crippen LogP contribution in [0.15, 0.2) is 18.2 Å². The topological polar surface area (TPSA) is 18.5 Å². The van der Waals surface area contributed by atoms with Gasteiger partial charge in [0.2, 0.25) is 6.36 Å². The smallest absolute Gasteiger partial charge is 0.238 e. The minimum absolute atomic E-state index is 0.410. The van der Waals surface area contributed by atoms with E-state index in [0.717, 1.165) is 11.3 Å². The molecule has 1 unspecified atom stereocenters. The van der Waals surface area contributed by atoms with Gasteiger partial charge in [-0.15, -0.1) is 0 Å². The molecule has 3 heteroatoms. The minimum Gasteiger partial charge on any atom is -0.496 e. The minimum atomic E-state index is -1.17. The van der Waals surface area contributed by atoms with Gasteiger partial charge in [0.05, 0.1) is 7.11 Å². The van der Waals surface area contributed by atoms with E-state index in [1.807, 2.05) is 6.07 Å². The van der Waals surface area contributed by atoms with Crippen LogP contribution >= 0.6 is 0 Å². The van der Waals surface area contributed by atoms with E-state index >= 15 is 0 Å². The first kappa shape index (κ1) is 8.35. The Morgan fingerprint density at radius 1 is 1.54 bits per heavy atom. The number of benzene rings is 1. The van der Waals surface area contributed by atoms with Gasteiger partial charge < -0.3 is 9.47 Å². The summed E-state index contributed by atoms with van der Waals surface area (Å²) in [4.78, 5) is 0. The first-order chi connectivity index (χ1) is 6.31. The maximum atomic E-state index is 12.8. The summed E-state index contributed by atoms with van der Waals surface area (Å²) in [7, 11) is 1.61. The number of fused-ring (bicyclic) bond motifs is 1. The van der Waals surface area contributed by atoms with E-state index in [2.05, 4.69) is 0 Å². The molecule has 1 heterocycles. The standard InChI is InChI=1S/C10H11FO2/c1-12-8-3-2-4-9-7(8)5-6-10(11)13-9/h2-4,10H,5-6H2,1H3. The van der Waals surface area contributed by atoms with Crippen LogP contribution in [-0.4, -0.2) is 13.5 Å². The van der Waals surface area contributed by atoms with Crippen molar-refractivity contribution in [2.24, 2.45) is 0 Å². The zero-order valence-electron chi connectivity index (χ0n) is 7.42. The van der Waals surface area contributed by atoms with Gasteiger partial charge in [0.25, 0.3) is 0 Å². The highest BCUT2D eigenvalue weighted by atomic mass is 19.1. The van der Waals surface area contributed by atoms with E-state index in [4.69, 9.17) is 9.47 Å². The number of ether oxygens (including phenoxy) is 2. The van der Waals surface area contributed by atoms with E-state index in [-0.39, 0.29) is 0 Å². The summed E-state index contributed by atoms with van der Waals surface area (Å²) in [5, 5.41) is 0. The molecule has 70 valence electrons. The van der Waals surface area contributed by atoms with Gasteiger partial charge in [0.15, 0.2) is 0 Å². The predicted molar refractivity (Wildman–Crippen MR) is 46.8 cm³/mol. The van der Waals surface area contributed by atoms with Crippen molar-refractivity contribution < 1.29 is 13.9 Å². The second-order valence-electron chi connectivity index (χ2n) is 3.00. The predicted octanol–water partition coefficient (Wildman–Crippen LogP) is 2.32. The number of hydrogen-bond donors (Lipinski definition) is 0. The summed E-state index contributed by atoms with van der Waals surface area (Å²) in [5.74, 6) is 1.39. The lowest BCUT2D eigenvalue weighted by atomic mass is 10.1. The van der Waals surface area contributed by atoms with Crippen molar-refractivity contribution in [2.45, 2.75) is 19.2 Å². The van der Waals surface area contributed by atoms with Crippen LogP contribution in [0.3, 0.4) is 0 Å². The van der Waals surface area contributed by atoms with Gasteiger partial charge >= 0.3 is 0 Å². The molecule has 1 aromatic carbocycles. The fourth-order valence-corrected chi connectivity index (χ4v) is 1.55. The average molecular weight is 182 g/mol. The van der Waals surface area contributed by atoms with Crippen molar-refractivity contribution in [1.82, 2.24) is 0 Å². The first-order valence-corrected chi connectivity index (χ1v) is 4.28. The third-order valence-electron chi connectivity index (χ3n) is 2.19. The van der Waals surface area contributed by atoms with Gasteiger partial charge in [-0.2, -0.15) is 0 Å². The van der Waals surface area contributed by atoms with Crippen LogP contribution in [0.5, 0.6) is 11.5 Å². The summed E-state index contributed by atoms with van der Waals surface area (Å²) in [6, 6.07) is 5.43. The number of halogens is 1. The first-order valence-electron chi connectivity index (χ1n) is 4.28. The molecule has 1 aromatic rings.